The highest BCUT2D eigenvalue weighted by atomic mass is 127. The SMILES string of the molecule is COC(=O)c1cc(COc2ccc(I)nc2)c(C)o1. The molecule has 5 nitrogen and oxygen atoms in total. The predicted molar refractivity (Wildman–Crippen MR) is 76.1 cm³/mol. The fourth-order valence-corrected chi connectivity index (χ4v) is 1.79. The van der Waals surface area contributed by atoms with E-state index in [1.807, 2.05) is 12.1 Å². The molecule has 0 aliphatic carbocycles. The Morgan fingerprint density at radius 1 is 1.47 bits per heavy atom. The van der Waals surface area contributed by atoms with E-state index >= 15 is 0 Å². The second kappa shape index (κ2) is 6.05. The average molecular weight is 373 g/mol. The zero-order chi connectivity index (χ0) is 13.8. The molecule has 19 heavy (non-hydrogen) atoms. The molecule has 0 amide bonds. The molecule has 0 aliphatic heterocycles. The number of halogens is 1. The fraction of sp³-hybridized carbons (Fsp3) is 0.231. The average Bonchev–Trinajstić information content (AvgIpc) is 2.79. The molecule has 0 fully saturated rings. The van der Waals surface area contributed by atoms with Gasteiger partial charge in [-0.1, -0.05) is 0 Å². The van der Waals surface area contributed by atoms with Gasteiger partial charge >= 0.3 is 5.97 Å². The first kappa shape index (κ1) is 13.9. The van der Waals surface area contributed by atoms with Gasteiger partial charge in [0.15, 0.2) is 0 Å². The Hall–Kier alpha value is -1.57. The van der Waals surface area contributed by atoms with E-state index in [9.17, 15) is 4.79 Å². The molecule has 0 saturated heterocycles. The summed E-state index contributed by atoms with van der Waals surface area (Å²) in [5.41, 5.74) is 0.805. The van der Waals surface area contributed by atoms with Gasteiger partial charge in [-0.25, -0.2) is 9.78 Å². The number of aryl methyl sites for hydroxylation is 1. The van der Waals surface area contributed by atoms with Gasteiger partial charge < -0.3 is 13.9 Å². The fourth-order valence-electron chi connectivity index (χ4n) is 1.47. The number of methoxy groups -OCH3 is 1. The second-order valence-electron chi connectivity index (χ2n) is 3.79. The van der Waals surface area contributed by atoms with Crippen LogP contribution in [0.5, 0.6) is 5.75 Å². The minimum Gasteiger partial charge on any atom is -0.487 e. The van der Waals surface area contributed by atoms with E-state index in [-0.39, 0.29) is 5.76 Å². The molecule has 0 unspecified atom stereocenters. The molecule has 2 aromatic rings. The minimum atomic E-state index is -0.495. The van der Waals surface area contributed by atoms with Crippen LogP contribution in [0.4, 0.5) is 0 Å². The lowest BCUT2D eigenvalue weighted by atomic mass is 10.2. The molecule has 0 bridgehead atoms. The van der Waals surface area contributed by atoms with E-state index in [0.29, 0.717) is 18.1 Å². The van der Waals surface area contributed by atoms with Crippen molar-refractivity contribution in [1.82, 2.24) is 4.98 Å². The van der Waals surface area contributed by atoms with Crippen LogP contribution in [-0.4, -0.2) is 18.1 Å². The lowest BCUT2D eigenvalue weighted by Crippen LogP contribution is -1.99. The smallest absolute Gasteiger partial charge is 0.373 e. The quantitative estimate of drug-likeness (QED) is 0.469. The topological polar surface area (TPSA) is 61.6 Å². The van der Waals surface area contributed by atoms with Crippen molar-refractivity contribution in [3.05, 3.63) is 45.2 Å². The molecule has 6 heteroatoms. The maximum absolute atomic E-state index is 11.3. The number of rotatable bonds is 4. The molecule has 0 spiro atoms. The van der Waals surface area contributed by atoms with Crippen LogP contribution in [-0.2, 0) is 11.3 Å². The summed E-state index contributed by atoms with van der Waals surface area (Å²) in [4.78, 5) is 15.4. The number of aromatic nitrogens is 1. The van der Waals surface area contributed by atoms with Gasteiger partial charge in [-0.2, -0.15) is 0 Å². The zero-order valence-electron chi connectivity index (χ0n) is 10.5. The number of furan rings is 1. The summed E-state index contributed by atoms with van der Waals surface area (Å²) in [6.07, 6.45) is 1.65. The normalized spacial score (nSPS) is 10.3. The summed E-state index contributed by atoms with van der Waals surface area (Å²) < 4.78 is 16.4. The first-order valence-corrected chi connectivity index (χ1v) is 6.60. The summed E-state index contributed by atoms with van der Waals surface area (Å²) in [6, 6.07) is 5.32. The van der Waals surface area contributed by atoms with Crippen molar-refractivity contribution >= 4 is 28.6 Å². The van der Waals surface area contributed by atoms with E-state index < -0.39 is 5.97 Å². The van der Waals surface area contributed by atoms with Crippen molar-refractivity contribution in [2.45, 2.75) is 13.5 Å². The van der Waals surface area contributed by atoms with Crippen LogP contribution in [0.2, 0.25) is 0 Å². The Bertz CT molecular complexity index is 577. The van der Waals surface area contributed by atoms with Gasteiger partial charge in [-0.05, 0) is 47.7 Å². The van der Waals surface area contributed by atoms with Crippen molar-refractivity contribution in [3.63, 3.8) is 0 Å². The highest BCUT2D eigenvalue weighted by Gasteiger charge is 2.14. The molecule has 2 heterocycles. The van der Waals surface area contributed by atoms with Gasteiger partial charge in [0.1, 0.15) is 21.8 Å². The highest BCUT2D eigenvalue weighted by Crippen LogP contribution is 2.18. The third-order valence-electron chi connectivity index (χ3n) is 2.50. The zero-order valence-corrected chi connectivity index (χ0v) is 12.6. The molecule has 0 aromatic carbocycles. The van der Waals surface area contributed by atoms with Gasteiger partial charge in [0.2, 0.25) is 5.76 Å². The summed E-state index contributed by atoms with van der Waals surface area (Å²) >= 11 is 2.12. The van der Waals surface area contributed by atoms with Crippen molar-refractivity contribution in [2.24, 2.45) is 0 Å². The highest BCUT2D eigenvalue weighted by molar-refractivity contribution is 14.1. The van der Waals surface area contributed by atoms with Crippen LogP contribution in [0.15, 0.2) is 28.8 Å². The number of hydrogen-bond acceptors (Lipinski definition) is 5. The lowest BCUT2D eigenvalue weighted by Gasteiger charge is -2.04. The first-order chi connectivity index (χ1) is 9.10. The minimum absolute atomic E-state index is 0.180. The van der Waals surface area contributed by atoms with Gasteiger partial charge in [0, 0.05) is 5.56 Å². The molecule has 2 rings (SSSR count). The van der Waals surface area contributed by atoms with Gasteiger partial charge in [0.25, 0.3) is 0 Å². The Labute approximate surface area is 124 Å². The molecule has 100 valence electrons. The van der Waals surface area contributed by atoms with Crippen molar-refractivity contribution in [1.29, 1.82) is 0 Å². The summed E-state index contributed by atoms with van der Waals surface area (Å²) in [5, 5.41) is 0. The molecule has 2 aromatic heterocycles. The van der Waals surface area contributed by atoms with Gasteiger partial charge in [-0.15, -0.1) is 0 Å². The lowest BCUT2D eigenvalue weighted by molar-refractivity contribution is 0.0563. The van der Waals surface area contributed by atoms with E-state index in [0.717, 1.165) is 9.26 Å². The Balaban J connectivity index is 2.05. The maximum Gasteiger partial charge on any atom is 0.373 e. The van der Waals surface area contributed by atoms with Crippen LogP contribution < -0.4 is 4.74 Å². The first-order valence-electron chi connectivity index (χ1n) is 5.52. The van der Waals surface area contributed by atoms with Gasteiger partial charge in [0.05, 0.1) is 13.3 Å². The molecule has 0 atom stereocenters. The molecule has 0 radical (unpaired) electrons. The van der Waals surface area contributed by atoms with Crippen molar-refractivity contribution < 1.29 is 18.7 Å². The standard InChI is InChI=1S/C13H12INO4/c1-8-9(5-11(19-8)13(16)17-2)7-18-10-3-4-12(14)15-6-10/h3-6H,7H2,1-2H3. The van der Waals surface area contributed by atoms with Crippen LogP contribution in [0.1, 0.15) is 21.9 Å². The third-order valence-corrected chi connectivity index (χ3v) is 3.14. The third kappa shape index (κ3) is 3.46. The van der Waals surface area contributed by atoms with Crippen molar-refractivity contribution in [3.8, 4) is 5.75 Å². The van der Waals surface area contributed by atoms with Crippen molar-refractivity contribution in [2.75, 3.05) is 7.11 Å². The van der Waals surface area contributed by atoms with Crippen LogP contribution in [0.3, 0.4) is 0 Å². The number of ether oxygens (including phenoxy) is 2. The van der Waals surface area contributed by atoms with Gasteiger partial charge in [-0.3, -0.25) is 0 Å². The van der Waals surface area contributed by atoms with Crippen LogP contribution >= 0.6 is 22.6 Å². The Morgan fingerprint density at radius 3 is 2.89 bits per heavy atom. The monoisotopic (exact) mass is 373 g/mol. The second-order valence-corrected chi connectivity index (χ2v) is 4.89. The van der Waals surface area contributed by atoms with Crippen LogP contribution in [0.25, 0.3) is 0 Å². The summed E-state index contributed by atoms with van der Waals surface area (Å²) in [7, 11) is 1.31. The Morgan fingerprint density at radius 2 is 2.26 bits per heavy atom. The molecule has 0 N–H and O–H groups in total. The number of nitrogens with zero attached hydrogens (tertiary/aromatic N) is 1. The van der Waals surface area contributed by atoms with E-state index in [2.05, 4.69) is 32.3 Å². The molecular formula is C13H12INO4. The van der Waals surface area contributed by atoms with E-state index in [1.165, 1.54) is 7.11 Å². The number of carbonyl (C=O) groups is 1. The number of carbonyl (C=O) groups excluding carboxylic acids is 1. The number of pyridine rings is 1. The molecule has 0 aliphatic rings. The van der Waals surface area contributed by atoms with E-state index in [4.69, 9.17) is 9.15 Å². The number of hydrogen-bond donors (Lipinski definition) is 0. The number of esters is 1. The maximum atomic E-state index is 11.3. The largest absolute Gasteiger partial charge is 0.487 e. The van der Waals surface area contributed by atoms with E-state index in [1.54, 1.807) is 19.2 Å². The molecule has 0 saturated carbocycles. The Kier molecular flexibility index (Phi) is 4.41. The molecular weight excluding hydrogens is 361 g/mol. The summed E-state index contributed by atoms with van der Waals surface area (Å²) in [5.74, 6) is 0.990. The predicted octanol–water partition coefficient (Wildman–Crippen LogP) is 2.95. The van der Waals surface area contributed by atoms with Crippen LogP contribution in [0, 0.1) is 10.6 Å². The summed E-state index contributed by atoms with van der Waals surface area (Å²) in [6.45, 7) is 2.09.